The Balaban J connectivity index is 1.73. The van der Waals surface area contributed by atoms with Crippen LogP contribution in [0.1, 0.15) is 23.2 Å². The third-order valence-electron chi connectivity index (χ3n) is 3.10. The number of rotatable bonds is 6. The van der Waals surface area contributed by atoms with Gasteiger partial charge in [0.25, 0.3) is 5.91 Å². The van der Waals surface area contributed by atoms with Gasteiger partial charge in [-0.3, -0.25) is 9.59 Å². The quantitative estimate of drug-likeness (QED) is 0.793. The van der Waals surface area contributed by atoms with Crippen LogP contribution in [0.4, 0.5) is 10.1 Å². The van der Waals surface area contributed by atoms with E-state index in [1.54, 1.807) is 24.3 Å². The molecule has 0 unspecified atom stereocenters. The molecule has 4 nitrogen and oxygen atoms in total. The number of carbonyl (C=O) groups excluding carboxylic acids is 2. The molecule has 6 heteroatoms. The molecule has 0 saturated carbocycles. The van der Waals surface area contributed by atoms with Crippen molar-refractivity contribution in [2.45, 2.75) is 12.8 Å². The number of benzene rings is 2. The largest absolute Gasteiger partial charge is 0.352 e. The van der Waals surface area contributed by atoms with Gasteiger partial charge in [-0.05, 0) is 36.8 Å². The molecule has 0 aromatic heterocycles. The molecule has 0 spiro atoms. The number of hydrogen-bond acceptors (Lipinski definition) is 2. The summed E-state index contributed by atoms with van der Waals surface area (Å²) in [5, 5.41) is 5.53. The summed E-state index contributed by atoms with van der Waals surface area (Å²) in [6.45, 7) is 0.360. The molecule has 0 atom stereocenters. The van der Waals surface area contributed by atoms with Crippen LogP contribution in [-0.2, 0) is 4.79 Å². The van der Waals surface area contributed by atoms with Crippen LogP contribution in [0.3, 0.4) is 0 Å². The first kappa shape index (κ1) is 17.0. The topological polar surface area (TPSA) is 58.2 Å². The summed E-state index contributed by atoms with van der Waals surface area (Å²) < 4.78 is 13.5. The van der Waals surface area contributed by atoms with Gasteiger partial charge in [-0.1, -0.05) is 29.8 Å². The minimum atomic E-state index is -0.542. The molecule has 2 amide bonds. The van der Waals surface area contributed by atoms with E-state index in [0.29, 0.717) is 23.6 Å². The molecule has 0 bridgehead atoms. The Morgan fingerprint density at radius 3 is 2.57 bits per heavy atom. The van der Waals surface area contributed by atoms with Gasteiger partial charge in [0.15, 0.2) is 0 Å². The van der Waals surface area contributed by atoms with Crippen molar-refractivity contribution in [3.05, 3.63) is 64.9 Å². The van der Waals surface area contributed by atoms with Gasteiger partial charge < -0.3 is 10.6 Å². The highest BCUT2D eigenvalue weighted by Crippen LogP contribution is 2.19. The summed E-state index contributed by atoms with van der Waals surface area (Å²) in [5.74, 6) is -1.06. The number of hydrogen-bond donors (Lipinski definition) is 2. The van der Waals surface area contributed by atoms with E-state index in [9.17, 15) is 14.0 Å². The van der Waals surface area contributed by atoms with E-state index in [2.05, 4.69) is 10.6 Å². The van der Waals surface area contributed by atoms with Gasteiger partial charge in [-0.25, -0.2) is 4.39 Å². The maximum atomic E-state index is 13.5. The summed E-state index contributed by atoms with van der Waals surface area (Å²) in [7, 11) is 0. The van der Waals surface area contributed by atoms with Crippen molar-refractivity contribution < 1.29 is 14.0 Å². The number of carbonyl (C=O) groups is 2. The standard InChI is InChI=1S/C17H16ClFN2O2/c18-13-8-9-14(19)15(11-13)21-16(22)7-4-10-20-17(23)12-5-2-1-3-6-12/h1-3,5-6,8-9,11H,4,7,10H2,(H,20,23)(H,21,22). The predicted molar refractivity (Wildman–Crippen MR) is 88.0 cm³/mol. The van der Waals surface area contributed by atoms with E-state index in [1.165, 1.54) is 18.2 Å². The highest BCUT2D eigenvalue weighted by atomic mass is 35.5. The zero-order valence-electron chi connectivity index (χ0n) is 12.3. The molecule has 0 radical (unpaired) electrons. The fraction of sp³-hybridized carbons (Fsp3) is 0.176. The first-order valence-corrected chi connectivity index (χ1v) is 7.52. The van der Waals surface area contributed by atoms with E-state index in [0.717, 1.165) is 0 Å². The van der Waals surface area contributed by atoms with Gasteiger partial charge in [0.05, 0.1) is 5.69 Å². The Hall–Kier alpha value is -2.40. The lowest BCUT2D eigenvalue weighted by Crippen LogP contribution is -2.25. The van der Waals surface area contributed by atoms with Gasteiger partial charge in [0.1, 0.15) is 5.82 Å². The predicted octanol–water partition coefficient (Wildman–Crippen LogP) is 3.63. The molecule has 0 aliphatic heterocycles. The number of anilines is 1. The lowest BCUT2D eigenvalue weighted by atomic mass is 10.2. The molecule has 0 aliphatic rings. The number of nitrogens with one attached hydrogen (secondary N) is 2. The van der Waals surface area contributed by atoms with Gasteiger partial charge in [0.2, 0.25) is 5.91 Å². The molecule has 120 valence electrons. The average Bonchev–Trinajstić information content (AvgIpc) is 2.55. The van der Waals surface area contributed by atoms with E-state index < -0.39 is 5.82 Å². The Morgan fingerprint density at radius 1 is 1.09 bits per heavy atom. The van der Waals surface area contributed by atoms with Crippen molar-refractivity contribution in [1.82, 2.24) is 5.32 Å². The minimum absolute atomic E-state index is 0.0517. The second kappa shape index (κ2) is 8.29. The zero-order valence-corrected chi connectivity index (χ0v) is 13.1. The molecule has 0 fully saturated rings. The summed E-state index contributed by atoms with van der Waals surface area (Å²) in [6.07, 6.45) is 0.619. The van der Waals surface area contributed by atoms with Crippen LogP contribution in [0, 0.1) is 5.82 Å². The van der Waals surface area contributed by atoms with Crippen molar-refractivity contribution in [1.29, 1.82) is 0 Å². The lowest BCUT2D eigenvalue weighted by molar-refractivity contribution is -0.116. The van der Waals surface area contributed by atoms with E-state index >= 15 is 0 Å². The molecular formula is C17H16ClFN2O2. The van der Waals surface area contributed by atoms with E-state index in [1.807, 2.05) is 6.07 Å². The first-order valence-electron chi connectivity index (χ1n) is 7.14. The minimum Gasteiger partial charge on any atom is -0.352 e. The first-order chi connectivity index (χ1) is 11.1. The van der Waals surface area contributed by atoms with Crippen molar-refractivity contribution >= 4 is 29.1 Å². The number of amides is 2. The molecule has 0 aliphatic carbocycles. The highest BCUT2D eigenvalue weighted by molar-refractivity contribution is 6.30. The third-order valence-corrected chi connectivity index (χ3v) is 3.34. The van der Waals surface area contributed by atoms with Crippen LogP contribution in [0.15, 0.2) is 48.5 Å². The van der Waals surface area contributed by atoms with Crippen molar-refractivity contribution in [2.75, 3.05) is 11.9 Å². The fourth-order valence-electron chi connectivity index (χ4n) is 1.95. The smallest absolute Gasteiger partial charge is 0.251 e. The van der Waals surface area contributed by atoms with Crippen LogP contribution in [-0.4, -0.2) is 18.4 Å². The molecule has 2 rings (SSSR count). The van der Waals surface area contributed by atoms with Gasteiger partial charge >= 0.3 is 0 Å². The van der Waals surface area contributed by atoms with Crippen LogP contribution >= 0.6 is 11.6 Å². The van der Waals surface area contributed by atoms with Crippen LogP contribution in [0.2, 0.25) is 5.02 Å². The Kier molecular flexibility index (Phi) is 6.11. The monoisotopic (exact) mass is 334 g/mol. The molecular weight excluding hydrogens is 319 g/mol. The van der Waals surface area contributed by atoms with E-state index in [4.69, 9.17) is 11.6 Å². The normalized spacial score (nSPS) is 10.2. The molecule has 0 saturated heterocycles. The molecule has 2 aromatic rings. The summed E-state index contributed by atoms with van der Waals surface area (Å²) in [6, 6.07) is 12.8. The lowest BCUT2D eigenvalue weighted by Gasteiger charge is -2.08. The summed E-state index contributed by atoms with van der Waals surface area (Å²) >= 11 is 5.75. The van der Waals surface area contributed by atoms with Crippen LogP contribution in [0.25, 0.3) is 0 Å². The molecule has 2 aromatic carbocycles. The Bertz CT molecular complexity index is 692. The van der Waals surface area contributed by atoms with Crippen LogP contribution in [0.5, 0.6) is 0 Å². The number of halogens is 2. The molecule has 2 N–H and O–H groups in total. The molecule has 23 heavy (non-hydrogen) atoms. The molecule has 0 heterocycles. The summed E-state index contributed by atoms with van der Waals surface area (Å²) in [4.78, 5) is 23.5. The Labute approximate surface area is 138 Å². The maximum Gasteiger partial charge on any atom is 0.251 e. The van der Waals surface area contributed by atoms with Gasteiger partial charge in [0, 0.05) is 23.6 Å². The van der Waals surface area contributed by atoms with Gasteiger partial charge in [-0.2, -0.15) is 0 Å². The van der Waals surface area contributed by atoms with Crippen molar-refractivity contribution in [3.63, 3.8) is 0 Å². The average molecular weight is 335 g/mol. The van der Waals surface area contributed by atoms with Gasteiger partial charge in [-0.15, -0.1) is 0 Å². The fourth-order valence-corrected chi connectivity index (χ4v) is 2.12. The zero-order chi connectivity index (χ0) is 16.7. The second-order valence-electron chi connectivity index (χ2n) is 4.90. The van der Waals surface area contributed by atoms with Crippen LogP contribution < -0.4 is 10.6 Å². The Morgan fingerprint density at radius 2 is 1.83 bits per heavy atom. The van der Waals surface area contributed by atoms with E-state index in [-0.39, 0.29) is 23.9 Å². The highest BCUT2D eigenvalue weighted by Gasteiger charge is 2.08. The van der Waals surface area contributed by atoms with Crippen molar-refractivity contribution in [2.24, 2.45) is 0 Å². The SMILES string of the molecule is O=C(CCCNC(=O)c1ccccc1)Nc1cc(Cl)ccc1F. The second-order valence-corrected chi connectivity index (χ2v) is 5.33. The maximum absolute atomic E-state index is 13.5. The van der Waals surface area contributed by atoms with Crippen molar-refractivity contribution in [3.8, 4) is 0 Å². The third kappa shape index (κ3) is 5.38. The summed E-state index contributed by atoms with van der Waals surface area (Å²) in [5.41, 5.74) is 0.619.